The van der Waals surface area contributed by atoms with Crippen molar-refractivity contribution in [1.29, 1.82) is 0 Å². The maximum atomic E-state index is 5.84. The van der Waals surface area contributed by atoms with Crippen molar-refractivity contribution in [2.75, 3.05) is 24.5 Å². The molecule has 1 aliphatic rings. The lowest BCUT2D eigenvalue weighted by molar-refractivity contribution is 0.482. The first kappa shape index (κ1) is 15.3. The molecule has 3 rings (SSSR count). The first-order valence-electron chi connectivity index (χ1n) is 8.03. The minimum absolute atomic E-state index is 0.454. The van der Waals surface area contributed by atoms with E-state index in [1.807, 2.05) is 42.5 Å². The van der Waals surface area contributed by atoms with Gasteiger partial charge in [-0.25, -0.2) is 0 Å². The molecule has 4 heteroatoms. The average molecular weight is 309 g/mol. The van der Waals surface area contributed by atoms with Crippen LogP contribution in [0.5, 0.6) is 11.5 Å². The lowest BCUT2D eigenvalue weighted by Gasteiger charge is -2.25. The first-order chi connectivity index (χ1) is 11.2. The Bertz CT molecular complexity index is 652. The van der Waals surface area contributed by atoms with Gasteiger partial charge in [-0.2, -0.15) is 0 Å². The molecule has 1 aliphatic heterocycles. The predicted octanol–water partition coefficient (Wildman–Crippen LogP) is 3.32. The number of hydrogen-bond donors (Lipinski definition) is 2. The molecule has 120 valence electrons. The summed E-state index contributed by atoms with van der Waals surface area (Å²) >= 11 is 0. The summed E-state index contributed by atoms with van der Waals surface area (Å²) in [5, 5.41) is 3.18. The van der Waals surface area contributed by atoms with Crippen LogP contribution in [0, 0.1) is 5.92 Å². The van der Waals surface area contributed by atoms with Crippen LogP contribution in [0.2, 0.25) is 0 Å². The topological polar surface area (TPSA) is 50.5 Å². The lowest BCUT2D eigenvalue weighted by atomic mass is 10.1. The third kappa shape index (κ3) is 3.97. The summed E-state index contributed by atoms with van der Waals surface area (Å²) in [6.45, 7) is 5.01. The Balaban J connectivity index is 1.65. The van der Waals surface area contributed by atoms with E-state index in [1.54, 1.807) is 0 Å². The van der Waals surface area contributed by atoms with Crippen molar-refractivity contribution in [3.8, 4) is 11.5 Å². The molecule has 0 unspecified atom stereocenters. The molecule has 1 atom stereocenters. The number of hydrogen-bond acceptors (Lipinski definition) is 4. The minimum Gasteiger partial charge on any atom is -0.457 e. The molecule has 2 aromatic carbocycles. The fraction of sp³-hybridized carbons (Fsp3) is 0.263. The molecule has 0 spiro atoms. The molecule has 0 aliphatic carbocycles. The van der Waals surface area contributed by atoms with Gasteiger partial charge in [0.2, 0.25) is 0 Å². The highest BCUT2D eigenvalue weighted by molar-refractivity contribution is 5.50. The van der Waals surface area contributed by atoms with Crippen LogP contribution in [0.4, 0.5) is 5.69 Å². The van der Waals surface area contributed by atoms with E-state index in [0.29, 0.717) is 5.92 Å². The van der Waals surface area contributed by atoms with E-state index in [2.05, 4.69) is 35.3 Å². The molecule has 23 heavy (non-hydrogen) atoms. The average Bonchev–Trinajstić information content (AvgIpc) is 3.00. The molecule has 0 amide bonds. The van der Waals surface area contributed by atoms with E-state index in [1.165, 1.54) is 5.69 Å². The van der Waals surface area contributed by atoms with Crippen LogP contribution in [0.3, 0.4) is 0 Å². The largest absolute Gasteiger partial charge is 0.457 e. The molecule has 0 saturated carbocycles. The zero-order chi connectivity index (χ0) is 16.1. The minimum atomic E-state index is 0.454. The molecule has 0 saturated heterocycles. The molecule has 0 radical (unpaired) electrons. The van der Waals surface area contributed by atoms with E-state index in [-0.39, 0.29) is 0 Å². The number of benzene rings is 2. The zero-order valence-electron chi connectivity index (χ0n) is 13.4. The van der Waals surface area contributed by atoms with Gasteiger partial charge in [0.25, 0.3) is 0 Å². The lowest BCUT2D eigenvalue weighted by Crippen LogP contribution is -2.30. The van der Waals surface area contributed by atoms with Gasteiger partial charge in [-0.3, -0.25) is 0 Å². The van der Waals surface area contributed by atoms with E-state index < -0.39 is 0 Å². The van der Waals surface area contributed by atoms with Crippen molar-refractivity contribution in [2.24, 2.45) is 11.7 Å². The van der Waals surface area contributed by atoms with Gasteiger partial charge in [-0.1, -0.05) is 18.2 Å². The number of nitrogens with one attached hydrogen (secondary N) is 1. The second-order valence-corrected chi connectivity index (χ2v) is 5.71. The van der Waals surface area contributed by atoms with Crippen LogP contribution in [0.1, 0.15) is 6.92 Å². The zero-order valence-corrected chi connectivity index (χ0v) is 13.4. The second-order valence-electron chi connectivity index (χ2n) is 5.71. The molecule has 1 heterocycles. The standard InChI is InChI=1S/C19H23N3O/c1-2-22(14-15-12-19(20)21-13-15)16-8-10-18(11-9-16)23-17-6-4-3-5-7-17/h3-12,15,21H,2,13-14,20H2,1H3/t15-/m0/s1. The van der Waals surface area contributed by atoms with Gasteiger partial charge in [-0.15, -0.1) is 0 Å². The Hall–Kier alpha value is -2.62. The third-order valence-corrected chi connectivity index (χ3v) is 4.00. The maximum absolute atomic E-state index is 5.84. The Morgan fingerprint density at radius 1 is 1.09 bits per heavy atom. The molecule has 4 nitrogen and oxygen atoms in total. The molecule has 0 aromatic heterocycles. The molecular formula is C19H23N3O. The Morgan fingerprint density at radius 2 is 1.78 bits per heavy atom. The summed E-state index contributed by atoms with van der Waals surface area (Å²) < 4.78 is 5.84. The highest BCUT2D eigenvalue weighted by Crippen LogP contribution is 2.25. The predicted molar refractivity (Wildman–Crippen MR) is 94.6 cm³/mol. The SMILES string of the molecule is CCN(C[C@H]1C=C(N)NC1)c1ccc(Oc2ccccc2)cc1. The summed E-state index contributed by atoms with van der Waals surface area (Å²) in [4.78, 5) is 2.35. The summed E-state index contributed by atoms with van der Waals surface area (Å²) in [6, 6.07) is 18.1. The van der Waals surface area contributed by atoms with Gasteiger partial charge in [0.05, 0.1) is 5.82 Å². The quantitative estimate of drug-likeness (QED) is 0.859. The van der Waals surface area contributed by atoms with Crippen molar-refractivity contribution in [3.05, 3.63) is 66.5 Å². The number of para-hydroxylation sites is 1. The molecule has 0 bridgehead atoms. The normalized spacial score (nSPS) is 16.6. The van der Waals surface area contributed by atoms with E-state index in [0.717, 1.165) is 37.0 Å². The molecule has 2 aromatic rings. The Kier molecular flexibility index (Phi) is 4.71. The fourth-order valence-electron chi connectivity index (χ4n) is 2.79. The van der Waals surface area contributed by atoms with Gasteiger partial charge in [0.15, 0.2) is 0 Å². The summed E-state index contributed by atoms with van der Waals surface area (Å²) in [5.41, 5.74) is 6.99. The van der Waals surface area contributed by atoms with Crippen LogP contribution >= 0.6 is 0 Å². The van der Waals surface area contributed by atoms with Gasteiger partial charge >= 0.3 is 0 Å². The van der Waals surface area contributed by atoms with E-state index in [9.17, 15) is 0 Å². The number of rotatable bonds is 6. The Labute approximate surface area is 137 Å². The van der Waals surface area contributed by atoms with Crippen LogP contribution in [-0.2, 0) is 0 Å². The highest BCUT2D eigenvalue weighted by atomic mass is 16.5. The summed E-state index contributed by atoms with van der Waals surface area (Å²) in [5.74, 6) is 2.95. The number of ether oxygens (including phenoxy) is 1. The third-order valence-electron chi connectivity index (χ3n) is 4.00. The Morgan fingerprint density at radius 3 is 2.39 bits per heavy atom. The smallest absolute Gasteiger partial charge is 0.127 e. The van der Waals surface area contributed by atoms with Crippen molar-refractivity contribution in [1.82, 2.24) is 5.32 Å². The molecule has 0 fully saturated rings. The fourth-order valence-corrected chi connectivity index (χ4v) is 2.79. The number of nitrogens with zero attached hydrogens (tertiary/aromatic N) is 1. The van der Waals surface area contributed by atoms with E-state index in [4.69, 9.17) is 10.5 Å². The van der Waals surface area contributed by atoms with Crippen molar-refractivity contribution in [2.45, 2.75) is 6.92 Å². The van der Waals surface area contributed by atoms with Crippen molar-refractivity contribution >= 4 is 5.69 Å². The summed E-state index contributed by atoms with van der Waals surface area (Å²) in [7, 11) is 0. The van der Waals surface area contributed by atoms with Crippen LogP contribution in [0.25, 0.3) is 0 Å². The maximum Gasteiger partial charge on any atom is 0.127 e. The molecule has 3 N–H and O–H groups in total. The second kappa shape index (κ2) is 7.09. The van der Waals surface area contributed by atoms with Crippen LogP contribution in [-0.4, -0.2) is 19.6 Å². The van der Waals surface area contributed by atoms with Gasteiger partial charge in [0.1, 0.15) is 11.5 Å². The van der Waals surface area contributed by atoms with Crippen LogP contribution in [0.15, 0.2) is 66.5 Å². The summed E-state index contributed by atoms with van der Waals surface area (Å²) in [6.07, 6.45) is 2.11. The van der Waals surface area contributed by atoms with Gasteiger partial charge in [-0.05, 0) is 49.4 Å². The number of nitrogens with two attached hydrogens (primary N) is 1. The monoisotopic (exact) mass is 309 g/mol. The number of anilines is 1. The van der Waals surface area contributed by atoms with Gasteiger partial charge < -0.3 is 20.7 Å². The molecular weight excluding hydrogens is 286 g/mol. The van der Waals surface area contributed by atoms with E-state index >= 15 is 0 Å². The van der Waals surface area contributed by atoms with Crippen molar-refractivity contribution < 1.29 is 4.74 Å². The highest BCUT2D eigenvalue weighted by Gasteiger charge is 2.16. The van der Waals surface area contributed by atoms with Crippen LogP contribution < -0.4 is 20.7 Å². The first-order valence-corrected chi connectivity index (χ1v) is 8.03. The van der Waals surface area contributed by atoms with Crippen molar-refractivity contribution in [3.63, 3.8) is 0 Å². The van der Waals surface area contributed by atoms with Gasteiger partial charge in [0, 0.05) is 31.2 Å².